The molecule has 2 nitrogen and oxygen atoms in total. The van der Waals surface area contributed by atoms with Gasteiger partial charge < -0.3 is 9.47 Å². The third-order valence-electron chi connectivity index (χ3n) is 2.77. The molecular formula is C14H30O2. The number of ether oxygens (including phenoxy) is 2. The fourth-order valence-corrected chi connectivity index (χ4v) is 2.18. The van der Waals surface area contributed by atoms with Gasteiger partial charge in [-0.15, -0.1) is 0 Å². The Bertz CT molecular complexity index is 161. The average molecular weight is 230 g/mol. The fourth-order valence-electron chi connectivity index (χ4n) is 2.18. The third-order valence-corrected chi connectivity index (χ3v) is 2.77. The molecule has 0 N–H and O–H groups in total. The summed E-state index contributed by atoms with van der Waals surface area (Å²) in [5.74, 6) is 0.593. The van der Waals surface area contributed by atoms with E-state index in [1.54, 1.807) is 0 Å². The predicted molar refractivity (Wildman–Crippen MR) is 69.8 cm³/mol. The van der Waals surface area contributed by atoms with E-state index in [2.05, 4.69) is 34.6 Å². The topological polar surface area (TPSA) is 18.5 Å². The zero-order chi connectivity index (χ0) is 12.6. The number of hydrogen-bond acceptors (Lipinski definition) is 2. The summed E-state index contributed by atoms with van der Waals surface area (Å²) < 4.78 is 11.1. The molecule has 0 aromatic rings. The van der Waals surface area contributed by atoms with E-state index in [1.807, 2.05) is 7.11 Å². The maximum Gasteiger partial charge on any atom is 0.0619 e. The first-order valence-electron chi connectivity index (χ1n) is 6.51. The first-order chi connectivity index (χ1) is 7.40. The summed E-state index contributed by atoms with van der Waals surface area (Å²) in [7, 11) is 1.81. The van der Waals surface area contributed by atoms with Gasteiger partial charge in [-0.2, -0.15) is 0 Å². The summed E-state index contributed by atoms with van der Waals surface area (Å²) in [6.07, 6.45) is 3.62. The summed E-state index contributed by atoms with van der Waals surface area (Å²) in [5, 5.41) is 0. The second-order valence-electron chi connectivity index (χ2n) is 5.92. The van der Waals surface area contributed by atoms with Crippen molar-refractivity contribution in [2.75, 3.05) is 20.3 Å². The van der Waals surface area contributed by atoms with Crippen LogP contribution in [0.3, 0.4) is 0 Å². The molecule has 0 aliphatic rings. The molecule has 0 spiro atoms. The Kier molecular flexibility index (Phi) is 8.04. The Balaban J connectivity index is 3.87. The lowest BCUT2D eigenvalue weighted by Crippen LogP contribution is -2.26. The second kappa shape index (κ2) is 8.08. The van der Waals surface area contributed by atoms with Crippen LogP contribution in [0.5, 0.6) is 0 Å². The van der Waals surface area contributed by atoms with Crippen LogP contribution in [0.4, 0.5) is 0 Å². The summed E-state index contributed by atoms with van der Waals surface area (Å²) in [5.41, 5.74) is 0.375. The molecule has 0 fully saturated rings. The van der Waals surface area contributed by atoms with Crippen molar-refractivity contribution in [3.63, 3.8) is 0 Å². The van der Waals surface area contributed by atoms with Crippen molar-refractivity contribution in [3.05, 3.63) is 0 Å². The van der Waals surface area contributed by atoms with Crippen molar-refractivity contribution < 1.29 is 9.47 Å². The van der Waals surface area contributed by atoms with Crippen LogP contribution in [-0.2, 0) is 9.47 Å². The van der Waals surface area contributed by atoms with E-state index in [9.17, 15) is 0 Å². The van der Waals surface area contributed by atoms with Gasteiger partial charge >= 0.3 is 0 Å². The van der Waals surface area contributed by atoms with Crippen LogP contribution < -0.4 is 0 Å². The van der Waals surface area contributed by atoms with E-state index in [4.69, 9.17) is 9.47 Å². The van der Waals surface area contributed by atoms with Gasteiger partial charge in [-0.25, -0.2) is 0 Å². The van der Waals surface area contributed by atoms with Crippen molar-refractivity contribution in [1.29, 1.82) is 0 Å². The fraction of sp³-hybridized carbons (Fsp3) is 1.00. The SMILES string of the molecule is CCCOCCC(OC)C(C)CC(C)(C)C. The van der Waals surface area contributed by atoms with Crippen molar-refractivity contribution in [2.24, 2.45) is 11.3 Å². The van der Waals surface area contributed by atoms with Crippen LogP contribution in [0.2, 0.25) is 0 Å². The van der Waals surface area contributed by atoms with E-state index in [0.717, 1.165) is 26.1 Å². The highest BCUT2D eigenvalue weighted by Crippen LogP contribution is 2.28. The molecule has 0 aromatic heterocycles. The number of hydrogen-bond donors (Lipinski definition) is 0. The lowest BCUT2D eigenvalue weighted by Gasteiger charge is -2.29. The van der Waals surface area contributed by atoms with Gasteiger partial charge in [-0.1, -0.05) is 34.6 Å². The van der Waals surface area contributed by atoms with Crippen LogP contribution in [0.1, 0.15) is 53.9 Å². The molecule has 0 radical (unpaired) electrons. The van der Waals surface area contributed by atoms with E-state index < -0.39 is 0 Å². The molecule has 0 heterocycles. The monoisotopic (exact) mass is 230 g/mol. The molecule has 0 saturated heterocycles. The van der Waals surface area contributed by atoms with Crippen molar-refractivity contribution in [1.82, 2.24) is 0 Å². The van der Waals surface area contributed by atoms with Crippen LogP contribution in [0.25, 0.3) is 0 Å². The van der Waals surface area contributed by atoms with Crippen molar-refractivity contribution in [3.8, 4) is 0 Å². The molecule has 0 saturated carbocycles. The summed E-state index contributed by atoms with van der Waals surface area (Å²) in [6.45, 7) is 12.9. The summed E-state index contributed by atoms with van der Waals surface area (Å²) in [6, 6.07) is 0. The highest BCUT2D eigenvalue weighted by Gasteiger charge is 2.22. The first-order valence-corrected chi connectivity index (χ1v) is 6.51. The Morgan fingerprint density at radius 1 is 1.12 bits per heavy atom. The lowest BCUT2D eigenvalue weighted by atomic mass is 9.82. The minimum absolute atomic E-state index is 0.330. The van der Waals surface area contributed by atoms with Crippen LogP contribution in [0, 0.1) is 11.3 Å². The van der Waals surface area contributed by atoms with Crippen LogP contribution in [-0.4, -0.2) is 26.4 Å². The molecule has 0 aromatic carbocycles. The molecule has 0 rings (SSSR count). The van der Waals surface area contributed by atoms with E-state index in [-0.39, 0.29) is 0 Å². The number of methoxy groups -OCH3 is 1. The zero-order valence-corrected chi connectivity index (χ0v) is 12.0. The summed E-state index contributed by atoms with van der Waals surface area (Å²) >= 11 is 0. The smallest absolute Gasteiger partial charge is 0.0619 e. The van der Waals surface area contributed by atoms with Gasteiger partial charge in [0.2, 0.25) is 0 Å². The minimum Gasteiger partial charge on any atom is -0.381 e. The summed E-state index contributed by atoms with van der Waals surface area (Å²) in [4.78, 5) is 0. The average Bonchev–Trinajstić information content (AvgIpc) is 2.15. The molecule has 0 aliphatic carbocycles. The highest BCUT2D eigenvalue weighted by atomic mass is 16.5. The van der Waals surface area contributed by atoms with Crippen molar-refractivity contribution in [2.45, 2.75) is 60.0 Å². The van der Waals surface area contributed by atoms with Gasteiger partial charge in [-0.05, 0) is 30.6 Å². The van der Waals surface area contributed by atoms with Gasteiger partial charge in [0.15, 0.2) is 0 Å². The Morgan fingerprint density at radius 3 is 2.19 bits per heavy atom. The quantitative estimate of drug-likeness (QED) is 0.589. The van der Waals surface area contributed by atoms with Crippen LogP contribution >= 0.6 is 0 Å². The lowest BCUT2D eigenvalue weighted by molar-refractivity contribution is 0.0108. The van der Waals surface area contributed by atoms with Gasteiger partial charge in [-0.3, -0.25) is 0 Å². The molecule has 16 heavy (non-hydrogen) atoms. The molecular weight excluding hydrogens is 200 g/mol. The predicted octanol–water partition coefficient (Wildman–Crippen LogP) is 3.89. The van der Waals surface area contributed by atoms with Crippen LogP contribution in [0.15, 0.2) is 0 Å². The number of rotatable bonds is 8. The van der Waals surface area contributed by atoms with Gasteiger partial charge in [0, 0.05) is 20.3 Å². The largest absolute Gasteiger partial charge is 0.381 e. The standard InChI is InChI=1S/C14H30O2/c1-7-9-16-10-8-13(15-6)12(2)11-14(3,4)5/h12-13H,7-11H2,1-6H3. The molecule has 0 bridgehead atoms. The van der Waals surface area contributed by atoms with Crippen molar-refractivity contribution >= 4 is 0 Å². The third kappa shape index (κ3) is 8.12. The normalized spacial score (nSPS) is 16.1. The molecule has 0 aliphatic heterocycles. The maximum absolute atomic E-state index is 5.56. The van der Waals surface area contributed by atoms with E-state index in [1.165, 1.54) is 6.42 Å². The van der Waals surface area contributed by atoms with E-state index >= 15 is 0 Å². The maximum atomic E-state index is 5.56. The molecule has 98 valence electrons. The Labute approximate surface area is 102 Å². The highest BCUT2D eigenvalue weighted by molar-refractivity contribution is 4.73. The first kappa shape index (κ1) is 15.9. The molecule has 2 unspecified atom stereocenters. The van der Waals surface area contributed by atoms with Gasteiger partial charge in [0.05, 0.1) is 6.10 Å². The zero-order valence-electron chi connectivity index (χ0n) is 12.0. The Hall–Kier alpha value is -0.0800. The second-order valence-corrected chi connectivity index (χ2v) is 5.92. The van der Waals surface area contributed by atoms with Gasteiger partial charge in [0.25, 0.3) is 0 Å². The molecule has 2 heteroatoms. The van der Waals surface area contributed by atoms with Gasteiger partial charge in [0.1, 0.15) is 0 Å². The van der Waals surface area contributed by atoms with E-state index in [0.29, 0.717) is 17.4 Å². The minimum atomic E-state index is 0.330. The Morgan fingerprint density at radius 2 is 1.75 bits per heavy atom. The molecule has 2 atom stereocenters. The molecule has 0 amide bonds.